The van der Waals surface area contributed by atoms with Crippen LogP contribution in [0, 0.1) is 0 Å². The molecule has 1 aromatic rings. The normalized spacial score (nSPS) is 19.3. The van der Waals surface area contributed by atoms with Gasteiger partial charge in [0.25, 0.3) is 0 Å². The summed E-state index contributed by atoms with van der Waals surface area (Å²) in [5.41, 5.74) is 1.30. The van der Waals surface area contributed by atoms with Crippen molar-refractivity contribution in [3.05, 3.63) is 23.7 Å². The zero-order chi connectivity index (χ0) is 12.2. The first-order chi connectivity index (χ1) is 8.90. The third kappa shape index (κ3) is 4.14. The second kappa shape index (κ2) is 5.89. The van der Waals surface area contributed by atoms with Crippen molar-refractivity contribution in [2.24, 2.45) is 0 Å². The molecule has 18 heavy (non-hydrogen) atoms. The van der Waals surface area contributed by atoms with Gasteiger partial charge < -0.3 is 15.1 Å². The van der Waals surface area contributed by atoms with Crippen LogP contribution >= 0.6 is 0 Å². The standard InChI is InChI=1S/C15H24N2O/c1(2-8-16-13-4-5-13)3-15-9-12(11-18-15)10-17-14-6-7-14/h9,11,13-14,16-17H,1-8,10H2. The highest BCUT2D eigenvalue weighted by atomic mass is 16.3. The Morgan fingerprint density at radius 2 is 1.83 bits per heavy atom. The molecule has 0 bridgehead atoms. The fourth-order valence-electron chi connectivity index (χ4n) is 2.22. The molecule has 3 rings (SSSR count). The molecule has 0 atom stereocenters. The first-order valence-electron chi connectivity index (χ1n) is 7.43. The lowest BCUT2D eigenvalue weighted by molar-refractivity contribution is 0.491. The highest BCUT2D eigenvalue weighted by Gasteiger charge is 2.20. The summed E-state index contributed by atoms with van der Waals surface area (Å²) in [6.45, 7) is 2.14. The number of rotatable bonds is 9. The van der Waals surface area contributed by atoms with E-state index in [2.05, 4.69) is 16.7 Å². The molecule has 2 aliphatic carbocycles. The van der Waals surface area contributed by atoms with E-state index >= 15 is 0 Å². The van der Waals surface area contributed by atoms with Crippen LogP contribution in [-0.4, -0.2) is 18.6 Å². The lowest BCUT2D eigenvalue weighted by atomic mass is 10.2. The van der Waals surface area contributed by atoms with Gasteiger partial charge in [-0.2, -0.15) is 0 Å². The maximum absolute atomic E-state index is 5.60. The van der Waals surface area contributed by atoms with Crippen LogP contribution in [-0.2, 0) is 13.0 Å². The first-order valence-corrected chi connectivity index (χ1v) is 7.43. The number of hydrogen-bond donors (Lipinski definition) is 2. The minimum atomic E-state index is 0.775. The van der Waals surface area contributed by atoms with Gasteiger partial charge in [0.15, 0.2) is 0 Å². The average Bonchev–Trinajstić information content (AvgIpc) is 3.28. The van der Waals surface area contributed by atoms with E-state index < -0.39 is 0 Å². The number of furan rings is 1. The Bertz CT molecular complexity index is 366. The molecule has 2 N–H and O–H groups in total. The van der Waals surface area contributed by atoms with Crippen LogP contribution in [0.4, 0.5) is 0 Å². The van der Waals surface area contributed by atoms with E-state index in [9.17, 15) is 0 Å². The van der Waals surface area contributed by atoms with Crippen LogP contribution in [0.25, 0.3) is 0 Å². The zero-order valence-corrected chi connectivity index (χ0v) is 11.1. The van der Waals surface area contributed by atoms with Crippen molar-refractivity contribution in [2.45, 2.75) is 63.6 Å². The van der Waals surface area contributed by atoms with E-state index in [4.69, 9.17) is 4.42 Å². The monoisotopic (exact) mass is 248 g/mol. The number of unbranched alkanes of at least 4 members (excludes halogenated alkanes) is 1. The summed E-state index contributed by atoms with van der Waals surface area (Å²) >= 11 is 0. The van der Waals surface area contributed by atoms with E-state index in [1.807, 2.05) is 6.26 Å². The largest absolute Gasteiger partial charge is 0.469 e. The third-order valence-corrected chi connectivity index (χ3v) is 3.74. The maximum Gasteiger partial charge on any atom is 0.104 e. The Kier molecular flexibility index (Phi) is 4.01. The molecule has 100 valence electrons. The summed E-state index contributed by atoms with van der Waals surface area (Å²) in [6.07, 6.45) is 10.9. The highest BCUT2D eigenvalue weighted by molar-refractivity contribution is 5.13. The maximum atomic E-state index is 5.60. The van der Waals surface area contributed by atoms with Crippen molar-refractivity contribution >= 4 is 0 Å². The van der Waals surface area contributed by atoms with Crippen LogP contribution < -0.4 is 10.6 Å². The molecule has 1 heterocycles. The molecule has 0 unspecified atom stereocenters. The topological polar surface area (TPSA) is 37.2 Å². The molecule has 1 aromatic heterocycles. The van der Waals surface area contributed by atoms with E-state index in [0.717, 1.165) is 30.8 Å². The lowest BCUT2D eigenvalue weighted by Crippen LogP contribution is -2.17. The predicted octanol–water partition coefficient (Wildman–Crippen LogP) is 2.61. The average molecular weight is 248 g/mol. The van der Waals surface area contributed by atoms with Gasteiger partial charge in [-0.3, -0.25) is 0 Å². The molecular formula is C15H24N2O. The molecule has 0 amide bonds. The van der Waals surface area contributed by atoms with Crippen molar-refractivity contribution in [2.75, 3.05) is 6.54 Å². The van der Waals surface area contributed by atoms with Crippen molar-refractivity contribution in [1.29, 1.82) is 0 Å². The number of nitrogens with one attached hydrogen (secondary N) is 2. The van der Waals surface area contributed by atoms with Gasteiger partial charge in [0.2, 0.25) is 0 Å². The minimum absolute atomic E-state index is 0.775. The van der Waals surface area contributed by atoms with Crippen LogP contribution in [0.2, 0.25) is 0 Å². The van der Waals surface area contributed by atoms with Crippen molar-refractivity contribution in [1.82, 2.24) is 10.6 Å². The second-order valence-corrected chi connectivity index (χ2v) is 5.76. The zero-order valence-electron chi connectivity index (χ0n) is 11.1. The van der Waals surface area contributed by atoms with E-state index in [1.165, 1.54) is 50.6 Å². The van der Waals surface area contributed by atoms with Gasteiger partial charge in [-0.05, 0) is 51.1 Å². The predicted molar refractivity (Wildman–Crippen MR) is 72.5 cm³/mol. The summed E-state index contributed by atoms with van der Waals surface area (Å²) in [6, 6.07) is 3.83. The second-order valence-electron chi connectivity index (χ2n) is 5.76. The highest BCUT2D eigenvalue weighted by Crippen LogP contribution is 2.20. The molecule has 0 aliphatic heterocycles. The van der Waals surface area contributed by atoms with Crippen LogP contribution in [0.3, 0.4) is 0 Å². The van der Waals surface area contributed by atoms with Gasteiger partial charge in [-0.25, -0.2) is 0 Å². The molecule has 2 fully saturated rings. The molecular weight excluding hydrogens is 224 g/mol. The van der Waals surface area contributed by atoms with E-state index in [0.29, 0.717) is 0 Å². The Balaban J connectivity index is 1.28. The van der Waals surface area contributed by atoms with Crippen molar-refractivity contribution < 1.29 is 4.42 Å². The Hall–Kier alpha value is -0.800. The fraction of sp³-hybridized carbons (Fsp3) is 0.733. The molecule has 0 aromatic carbocycles. The number of hydrogen-bond acceptors (Lipinski definition) is 3. The van der Waals surface area contributed by atoms with Gasteiger partial charge in [0, 0.05) is 30.6 Å². The Morgan fingerprint density at radius 3 is 2.61 bits per heavy atom. The van der Waals surface area contributed by atoms with Crippen LogP contribution in [0.1, 0.15) is 49.8 Å². The minimum Gasteiger partial charge on any atom is -0.469 e. The van der Waals surface area contributed by atoms with Gasteiger partial charge in [0.1, 0.15) is 5.76 Å². The number of aryl methyl sites for hydroxylation is 1. The van der Waals surface area contributed by atoms with Crippen LogP contribution in [0.5, 0.6) is 0 Å². The molecule has 2 saturated carbocycles. The summed E-state index contributed by atoms with van der Waals surface area (Å²) in [5, 5.41) is 7.06. The lowest BCUT2D eigenvalue weighted by Gasteiger charge is -2.01. The van der Waals surface area contributed by atoms with Crippen molar-refractivity contribution in [3.8, 4) is 0 Å². The molecule has 0 saturated heterocycles. The molecule has 0 radical (unpaired) electrons. The van der Waals surface area contributed by atoms with E-state index in [1.54, 1.807) is 0 Å². The summed E-state index contributed by atoms with van der Waals surface area (Å²) in [5.74, 6) is 1.15. The Morgan fingerprint density at radius 1 is 1.06 bits per heavy atom. The molecule has 2 aliphatic rings. The summed E-state index contributed by atoms with van der Waals surface area (Å²) in [4.78, 5) is 0. The molecule has 3 nitrogen and oxygen atoms in total. The van der Waals surface area contributed by atoms with Gasteiger partial charge in [-0.15, -0.1) is 0 Å². The van der Waals surface area contributed by atoms with E-state index in [-0.39, 0.29) is 0 Å². The van der Waals surface area contributed by atoms with Gasteiger partial charge >= 0.3 is 0 Å². The SMILES string of the molecule is c1oc(CCCCNC2CC2)cc1CNC1CC1. The molecule has 0 spiro atoms. The Labute approximate surface area is 109 Å². The summed E-state index contributed by atoms with van der Waals surface area (Å²) < 4.78 is 5.60. The van der Waals surface area contributed by atoms with Crippen molar-refractivity contribution in [3.63, 3.8) is 0 Å². The first kappa shape index (κ1) is 12.2. The summed E-state index contributed by atoms with van der Waals surface area (Å²) in [7, 11) is 0. The third-order valence-electron chi connectivity index (χ3n) is 3.74. The fourth-order valence-corrected chi connectivity index (χ4v) is 2.22. The quantitative estimate of drug-likeness (QED) is 0.660. The molecule has 3 heteroatoms. The van der Waals surface area contributed by atoms with Gasteiger partial charge in [-0.1, -0.05) is 0 Å². The van der Waals surface area contributed by atoms with Gasteiger partial charge in [0.05, 0.1) is 6.26 Å². The smallest absolute Gasteiger partial charge is 0.104 e. The van der Waals surface area contributed by atoms with Crippen LogP contribution in [0.15, 0.2) is 16.7 Å².